The van der Waals surface area contributed by atoms with Gasteiger partial charge in [-0.25, -0.2) is 0 Å². The second-order valence-corrected chi connectivity index (χ2v) is 7.56. The molecule has 2 aromatic rings. The average molecular weight is 343 g/mol. The maximum atomic E-state index is 12.6. The molecule has 0 bridgehead atoms. The van der Waals surface area contributed by atoms with Gasteiger partial charge in [-0.3, -0.25) is 14.9 Å². The van der Waals surface area contributed by atoms with Crippen LogP contribution in [0.4, 0.5) is 10.7 Å². The normalized spacial score (nSPS) is 22.1. The third kappa shape index (κ3) is 2.45. The Morgan fingerprint density at radius 2 is 2.17 bits per heavy atom. The van der Waals surface area contributed by atoms with Crippen LogP contribution < -0.4 is 10.6 Å². The molecular formula is C17H17N3O3S. The summed E-state index contributed by atoms with van der Waals surface area (Å²) >= 11 is 1.65. The molecule has 0 spiro atoms. The minimum absolute atomic E-state index is 0.0219. The van der Waals surface area contributed by atoms with Crippen molar-refractivity contribution in [3.05, 3.63) is 55.9 Å². The fraction of sp³-hybridized carbons (Fsp3) is 0.353. The minimum Gasteiger partial charge on any atom is -0.353 e. The van der Waals surface area contributed by atoms with E-state index in [1.54, 1.807) is 23.5 Å². The molecule has 6 nitrogen and oxygen atoms in total. The summed E-state index contributed by atoms with van der Waals surface area (Å²) in [5, 5.41) is 18.1. The first-order chi connectivity index (χ1) is 11.5. The van der Waals surface area contributed by atoms with Crippen LogP contribution in [0.5, 0.6) is 0 Å². The summed E-state index contributed by atoms with van der Waals surface area (Å²) in [6.07, 6.45) is 2.63. The number of nitro benzene ring substituents is 1. The minimum atomic E-state index is -0.442. The number of anilines is 1. The van der Waals surface area contributed by atoms with Crippen molar-refractivity contribution in [2.24, 2.45) is 5.92 Å². The first-order valence-electron chi connectivity index (χ1n) is 7.99. The van der Waals surface area contributed by atoms with Crippen molar-refractivity contribution >= 4 is 27.9 Å². The van der Waals surface area contributed by atoms with E-state index in [4.69, 9.17) is 0 Å². The predicted molar refractivity (Wildman–Crippen MR) is 92.4 cm³/mol. The Bertz CT molecular complexity index is 846. The first kappa shape index (κ1) is 15.1. The van der Waals surface area contributed by atoms with Crippen molar-refractivity contribution in [2.75, 3.05) is 5.32 Å². The van der Waals surface area contributed by atoms with Gasteiger partial charge in [0, 0.05) is 22.6 Å². The molecule has 1 aromatic heterocycles. The summed E-state index contributed by atoms with van der Waals surface area (Å²) in [6, 6.07) is 6.37. The van der Waals surface area contributed by atoms with Crippen LogP contribution in [0.3, 0.4) is 0 Å². The Balaban J connectivity index is 1.68. The summed E-state index contributed by atoms with van der Waals surface area (Å²) in [5.74, 6) is 0.556. The maximum absolute atomic E-state index is 12.6. The van der Waals surface area contributed by atoms with Gasteiger partial charge in [0.15, 0.2) is 0 Å². The number of rotatable bonds is 2. The fourth-order valence-corrected chi connectivity index (χ4v) is 4.88. The number of carbonyl (C=O) groups excluding carboxylic acids is 1. The zero-order valence-electron chi connectivity index (χ0n) is 13.2. The van der Waals surface area contributed by atoms with E-state index in [0.29, 0.717) is 11.5 Å². The molecule has 0 fully saturated rings. The number of amides is 1. The molecule has 24 heavy (non-hydrogen) atoms. The van der Waals surface area contributed by atoms with Crippen LogP contribution in [-0.2, 0) is 12.8 Å². The van der Waals surface area contributed by atoms with Gasteiger partial charge in [0.05, 0.1) is 10.5 Å². The van der Waals surface area contributed by atoms with Crippen LogP contribution in [0.25, 0.3) is 0 Å². The molecule has 2 atom stereocenters. The largest absolute Gasteiger partial charge is 0.353 e. The lowest BCUT2D eigenvalue weighted by molar-refractivity contribution is -0.384. The Morgan fingerprint density at radius 1 is 1.33 bits per heavy atom. The Hall–Kier alpha value is -2.41. The third-order valence-electron chi connectivity index (χ3n) is 4.70. The Morgan fingerprint density at radius 3 is 2.96 bits per heavy atom. The maximum Gasteiger partial charge on any atom is 0.269 e. The standard InChI is InChI=1S/C17H17N3O3S/c1-9-5-6-12-13(7-9)24-17-14(12)16(21)18-15(19-17)10-3-2-4-11(8-10)20(22)23/h2-4,8-9,15,19H,5-7H2,1H3,(H,18,21)/t9-,15-/m1/s1. The summed E-state index contributed by atoms with van der Waals surface area (Å²) in [5.41, 5.74) is 2.65. The highest BCUT2D eigenvalue weighted by molar-refractivity contribution is 7.16. The molecule has 1 aromatic carbocycles. The number of nitro groups is 1. The van der Waals surface area contributed by atoms with Crippen molar-refractivity contribution in [1.82, 2.24) is 5.32 Å². The van der Waals surface area contributed by atoms with Crippen LogP contribution in [0.1, 0.15) is 45.9 Å². The van der Waals surface area contributed by atoms with Gasteiger partial charge in [0.1, 0.15) is 11.2 Å². The monoisotopic (exact) mass is 343 g/mol. The molecule has 2 N–H and O–H groups in total. The van der Waals surface area contributed by atoms with Crippen molar-refractivity contribution < 1.29 is 9.72 Å². The van der Waals surface area contributed by atoms with E-state index < -0.39 is 11.1 Å². The zero-order valence-corrected chi connectivity index (χ0v) is 14.0. The van der Waals surface area contributed by atoms with Gasteiger partial charge >= 0.3 is 0 Å². The van der Waals surface area contributed by atoms with E-state index in [1.165, 1.54) is 22.6 Å². The lowest BCUT2D eigenvalue weighted by Crippen LogP contribution is -2.38. The second-order valence-electron chi connectivity index (χ2n) is 6.46. The first-order valence-corrected chi connectivity index (χ1v) is 8.81. The molecule has 2 aliphatic rings. The molecule has 2 heterocycles. The molecule has 1 aliphatic carbocycles. The topological polar surface area (TPSA) is 84.3 Å². The SMILES string of the molecule is C[C@@H]1CCc2c(sc3c2C(=O)N[C@@H](c2cccc([N+](=O)[O-])c2)N3)C1. The average Bonchev–Trinajstić information content (AvgIpc) is 2.92. The molecule has 0 radical (unpaired) electrons. The molecule has 124 valence electrons. The third-order valence-corrected chi connectivity index (χ3v) is 5.89. The summed E-state index contributed by atoms with van der Waals surface area (Å²) < 4.78 is 0. The van der Waals surface area contributed by atoms with E-state index >= 15 is 0 Å². The van der Waals surface area contributed by atoms with Gasteiger partial charge in [-0.2, -0.15) is 0 Å². The quantitative estimate of drug-likeness (QED) is 0.644. The fourth-order valence-electron chi connectivity index (χ4n) is 3.45. The van der Waals surface area contributed by atoms with Gasteiger partial charge < -0.3 is 10.6 Å². The number of carbonyl (C=O) groups is 1. The second kappa shape index (κ2) is 5.59. The van der Waals surface area contributed by atoms with E-state index in [1.807, 2.05) is 0 Å². The lowest BCUT2D eigenvalue weighted by atomic mass is 9.88. The zero-order chi connectivity index (χ0) is 16.8. The van der Waals surface area contributed by atoms with Crippen LogP contribution in [0.2, 0.25) is 0 Å². The lowest BCUT2D eigenvalue weighted by Gasteiger charge is -2.27. The highest BCUT2D eigenvalue weighted by atomic mass is 32.1. The van der Waals surface area contributed by atoms with Crippen molar-refractivity contribution in [3.63, 3.8) is 0 Å². The highest BCUT2D eigenvalue weighted by Crippen LogP contribution is 2.42. The van der Waals surface area contributed by atoms with E-state index in [9.17, 15) is 14.9 Å². The number of benzene rings is 1. The van der Waals surface area contributed by atoms with E-state index in [2.05, 4.69) is 17.6 Å². The number of nitrogens with zero attached hydrogens (tertiary/aromatic N) is 1. The summed E-state index contributed by atoms with van der Waals surface area (Å²) in [6.45, 7) is 2.24. The van der Waals surface area contributed by atoms with Gasteiger partial charge in [0.2, 0.25) is 0 Å². The van der Waals surface area contributed by atoms with Crippen LogP contribution in [0.15, 0.2) is 24.3 Å². The van der Waals surface area contributed by atoms with Gasteiger partial charge in [0.25, 0.3) is 11.6 Å². The van der Waals surface area contributed by atoms with Gasteiger partial charge in [-0.15, -0.1) is 11.3 Å². The van der Waals surface area contributed by atoms with Crippen LogP contribution in [-0.4, -0.2) is 10.8 Å². The Kier molecular flexibility index (Phi) is 3.53. The molecule has 7 heteroatoms. The number of fused-ring (bicyclic) bond motifs is 3. The molecule has 0 saturated carbocycles. The summed E-state index contributed by atoms with van der Waals surface area (Å²) in [4.78, 5) is 24.5. The summed E-state index contributed by atoms with van der Waals surface area (Å²) in [7, 11) is 0. The Labute approximate surface area is 143 Å². The number of nitrogens with one attached hydrogen (secondary N) is 2. The van der Waals surface area contributed by atoms with Crippen LogP contribution in [0, 0.1) is 16.0 Å². The van der Waals surface area contributed by atoms with Crippen LogP contribution >= 0.6 is 11.3 Å². The molecule has 1 amide bonds. The highest BCUT2D eigenvalue weighted by Gasteiger charge is 2.33. The van der Waals surface area contributed by atoms with Gasteiger partial charge in [-0.1, -0.05) is 19.1 Å². The van der Waals surface area contributed by atoms with Crippen molar-refractivity contribution in [1.29, 1.82) is 0 Å². The van der Waals surface area contributed by atoms with Crippen molar-refractivity contribution in [3.8, 4) is 0 Å². The molecule has 1 aliphatic heterocycles. The van der Waals surface area contributed by atoms with E-state index in [-0.39, 0.29) is 11.6 Å². The molecule has 4 rings (SSSR count). The van der Waals surface area contributed by atoms with E-state index in [0.717, 1.165) is 29.8 Å². The van der Waals surface area contributed by atoms with Crippen molar-refractivity contribution in [2.45, 2.75) is 32.4 Å². The predicted octanol–water partition coefficient (Wildman–Crippen LogP) is 3.64. The number of non-ortho nitro benzene ring substituents is 1. The number of thiophene rings is 1. The van der Waals surface area contributed by atoms with Gasteiger partial charge in [-0.05, 0) is 30.7 Å². The molecular weight excluding hydrogens is 326 g/mol. The molecule has 0 saturated heterocycles. The number of hydrogen-bond acceptors (Lipinski definition) is 5. The smallest absolute Gasteiger partial charge is 0.269 e. The number of hydrogen-bond donors (Lipinski definition) is 2. The molecule has 0 unspecified atom stereocenters.